The molecule has 0 aliphatic heterocycles. The molecule has 1 amide bonds. The Morgan fingerprint density at radius 1 is 1.36 bits per heavy atom. The normalized spacial score (nSPS) is 10.6. The van der Waals surface area contributed by atoms with Crippen LogP contribution in [-0.2, 0) is 6.54 Å². The molecule has 0 aliphatic rings. The van der Waals surface area contributed by atoms with E-state index in [4.69, 9.17) is 5.73 Å². The van der Waals surface area contributed by atoms with Crippen LogP contribution in [0.2, 0.25) is 0 Å². The highest BCUT2D eigenvalue weighted by molar-refractivity contribution is 6.02. The summed E-state index contributed by atoms with van der Waals surface area (Å²) in [4.78, 5) is 30.8. The fourth-order valence-corrected chi connectivity index (χ4v) is 2.30. The van der Waals surface area contributed by atoms with Gasteiger partial charge in [0.1, 0.15) is 5.82 Å². The van der Waals surface area contributed by atoms with Gasteiger partial charge in [-0.25, -0.2) is 4.98 Å². The average molecular weight is 339 g/mol. The number of hydrogen-bond donors (Lipinski definition) is 3. The zero-order valence-corrected chi connectivity index (χ0v) is 13.6. The molecule has 9 heteroatoms. The third kappa shape index (κ3) is 3.96. The zero-order valence-electron chi connectivity index (χ0n) is 13.6. The second kappa shape index (κ2) is 7.05. The molecule has 2 aromatic heterocycles. The second-order valence-electron chi connectivity index (χ2n) is 5.43. The summed E-state index contributed by atoms with van der Waals surface area (Å²) >= 11 is 0. The number of nitrogens with zero attached hydrogens (tertiary/aromatic N) is 4. The van der Waals surface area contributed by atoms with Gasteiger partial charge in [0.25, 0.3) is 11.5 Å². The molecule has 0 radical (unpaired) electrons. The number of carbonyl (C=O) groups excluding carboxylic acids is 1. The van der Waals surface area contributed by atoms with Crippen molar-refractivity contribution in [2.75, 3.05) is 11.9 Å². The number of nitrogens with two attached hydrogens (primary N) is 1. The van der Waals surface area contributed by atoms with E-state index in [1.54, 1.807) is 31.2 Å². The number of H-pyrrole nitrogens is 1. The van der Waals surface area contributed by atoms with Gasteiger partial charge in [-0.2, -0.15) is 0 Å². The minimum absolute atomic E-state index is 0.195. The molecule has 3 rings (SSSR count). The molecular weight excluding hydrogens is 322 g/mol. The number of amides is 1. The van der Waals surface area contributed by atoms with Crippen molar-refractivity contribution in [3.05, 3.63) is 58.3 Å². The van der Waals surface area contributed by atoms with Gasteiger partial charge in [0, 0.05) is 29.6 Å². The van der Waals surface area contributed by atoms with E-state index in [1.165, 1.54) is 16.9 Å². The fourth-order valence-electron chi connectivity index (χ4n) is 2.30. The molecule has 128 valence electrons. The number of aromatic amines is 1. The van der Waals surface area contributed by atoms with E-state index in [0.29, 0.717) is 35.9 Å². The highest BCUT2D eigenvalue weighted by Crippen LogP contribution is 2.19. The summed E-state index contributed by atoms with van der Waals surface area (Å²) in [6.07, 6.45) is 1.53. The first-order valence-electron chi connectivity index (χ1n) is 7.65. The van der Waals surface area contributed by atoms with Gasteiger partial charge in [0.15, 0.2) is 5.69 Å². The van der Waals surface area contributed by atoms with Gasteiger partial charge in [-0.05, 0) is 19.1 Å². The van der Waals surface area contributed by atoms with Crippen molar-refractivity contribution < 1.29 is 4.79 Å². The molecule has 0 saturated carbocycles. The molecule has 0 atom stereocenters. The van der Waals surface area contributed by atoms with Crippen LogP contribution in [0.4, 0.5) is 5.69 Å². The largest absolute Gasteiger partial charge is 0.329 e. The van der Waals surface area contributed by atoms with E-state index in [-0.39, 0.29) is 17.2 Å². The summed E-state index contributed by atoms with van der Waals surface area (Å²) in [5.41, 5.74) is 7.27. The first-order valence-corrected chi connectivity index (χ1v) is 7.65. The number of nitrogens with one attached hydrogen (secondary N) is 2. The lowest BCUT2D eigenvalue weighted by atomic mass is 10.2. The van der Waals surface area contributed by atoms with Crippen LogP contribution in [0.3, 0.4) is 0 Å². The first kappa shape index (κ1) is 16.5. The summed E-state index contributed by atoms with van der Waals surface area (Å²) in [6.45, 7) is 2.64. The topological polar surface area (TPSA) is 132 Å². The summed E-state index contributed by atoms with van der Waals surface area (Å²) in [5, 5.41) is 10.4. The maximum absolute atomic E-state index is 12.3. The number of hydrogen-bond acceptors (Lipinski definition) is 6. The maximum atomic E-state index is 12.3. The molecule has 0 bridgehead atoms. The quantitative estimate of drug-likeness (QED) is 0.622. The van der Waals surface area contributed by atoms with Crippen molar-refractivity contribution in [1.29, 1.82) is 0 Å². The van der Waals surface area contributed by atoms with Crippen molar-refractivity contribution in [3.63, 3.8) is 0 Å². The number of benzene rings is 1. The molecule has 2 heterocycles. The van der Waals surface area contributed by atoms with Gasteiger partial charge >= 0.3 is 0 Å². The molecule has 3 aromatic rings. The first-order chi connectivity index (χ1) is 12.0. The number of carbonyl (C=O) groups is 1. The van der Waals surface area contributed by atoms with Crippen LogP contribution in [-0.4, -0.2) is 37.4 Å². The second-order valence-corrected chi connectivity index (χ2v) is 5.43. The van der Waals surface area contributed by atoms with Crippen LogP contribution in [0.5, 0.6) is 0 Å². The highest BCUT2D eigenvalue weighted by atomic mass is 16.2. The van der Waals surface area contributed by atoms with Crippen LogP contribution >= 0.6 is 0 Å². The number of aromatic nitrogens is 5. The third-order valence-electron chi connectivity index (χ3n) is 3.39. The van der Waals surface area contributed by atoms with Crippen LogP contribution in [0.15, 0.2) is 41.3 Å². The van der Waals surface area contributed by atoms with Gasteiger partial charge in [0.05, 0.1) is 12.7 Å². The third-order valence-corrected chi connectivity index (χ3v) is 3.39. The van der Waals surface area contributed by atoms with Crippen LogP contribution in [0, 0.1) is 6.92 Å². The van der Waals surface area contributed by atoms with E-state index in [1.807, 2.05) is 0 Å². The molecule has 9 nitrogen and oxygen atoms in total. The minimum Gasteiger partial charge on any atom is -0.329 e. The molecule has 25 heavy (non-hydrogen) atoms. The predicted molar refractivity (Wildman–Crippen MR) is 92.1 cm³/mol. The van der Waals surface area contributed by atoms with Gasteiger partial charge in [-0.3, -0.25) is 14.3 Å². The number of anilines is 1. The molecule has 0 saturated heterocycles. The minimum atomic E-state index is -0.383. The lowest BCUT2D eigenvalue weighted by Gasteiger charge is -2.06. The van der Waals surface area contributed by atoms with Crippen LogP contribution in [0.1, 0.15) is 16.2 Å². The zero-order chi connectivity index (χ0) is 17.8. The van der Waals surface area contributed by atoms with E-state index >= 15 is 0 Å². The SMILES string of the molecule is Cc1cc(=O)[nH]c(-c2cccc(NC(=O)c3cn(CCN)nn3)c2)n1. The van der Waals surface area contributed by atoms with Crippen molar-refractivity contribution >= 4 is 11.6 Å². The Bertz CT molecular complexity index is 961. The Kier molecular flexibility index (Phi) is 4.66. The van der Waals surface area contributed by atoms with E-state index in [2.05, 4.69) is 25.6 Å². The van der Waals surface area contributed by atoms with E-state index in [0.717, 1.165) is 0 Å². The summed E-state index contributed by atoms with van der Waals surface area (Å²) in [5.74, 6) is 0.0566. The van der Waals surface area contributed by atoms with E-state index in [9.17, 15) is 9.59 Å². The molecule has 1 aromatic carbocycles. The standard InChI is InChI=1S/C16H17N7O2/c1-10-7-14(24)20-15(18-10)11-3-2-4-12(8-11)19-16(25)13-9-23(6-5-17)22-21-13/h2-4,7-9H,5-6,17H2,1H3,(H,19,25)(H,18,20,24). The molecule has 4 N–H and O–H groups in total. The molecule has 0 fully saturated rings. The van der Waals surface area contributed by atoms with Crippen LogP contribution in [0.25, 0.3) is 11.4 Å². The summed E-state index contributed by atoms with van der Waals surface area (Å²) < 4.78 is 1.51. The van der Waals surface area contributed by atoms with Gasteiger partial charge in [-0.15, -0.1) is 5.10 Å². The lowest BCUT2D eigenvalue weighted by Crippen LogP contribution is -2.13. The van der Waals surface area contributed by atoms with Crippen molar-refractivity contribution in [2.24, 2.45) is 5.73 Å². The molecule has 0 unspecified atom stereocenters. The lowest BCUT2D eigenvalue weighted by molar-refractivity contribution is 0.102. The molecule has 0 aliphatic carbocycles. The monoisotopic (exact) mass is 339 g/mol. The summed E-state index contributed by atoms with van der Waals surface area (Å²) in [7, 11) is 0. The average Bonchev–Trinajstić information content (AvgIpc) is 3.03. The van der Waals surface area contributed by atoms with Crippen molar-refractivity contribution in [3.8, 4) is 11.4 Å². The fraction of sp³-hybridized carbons (Fsp3) is 0.188. The summed E-state index contributed by atoms with van der Waals surface area (Å²) in [6, 6.07) is 8.43. The Morgan fingerprint density at radius 2 is 2.20 bits per heavy atom. The molecule has 0 spiro atoms. The van der Waals surface area contributed by atoms with Gasteiger partial charge in [-0.1, -0.05) is 17.3 Å². The van der Waals surface area contributed by atoms with Crippen molar-refractivity contribution in [2.45, 2.75) is 13.5 Å². The van der Waals surface area contributed by atoms with Crippen LogP contribution < -0.4 is 16.6 Å². The van der Waals surface area contributed by atoms with E-state index < -0.39 is 0 Å². The maximum Gasteiger partial charge on any atom is 0.277 e. The predicted octanol–water partition coefficient (Wildman–Crippen LogP) is 0.548. The Balaban J connectivity index is 1.81. The molecular formula is C16H17N7O2. The van der Waals surface area contributed by atoms with Gasteiger partial charge in [0.2, 0.25) is 0 Å². The smallest absolute Gasteiger partial charge is 0.277 e. The number of rotatable bonds is 5. The van der Waals surface area contributed by atoms with Gasteiger partial charge < -0.3 is 16.0 Å². The Labute approximate surface area is 142 Å². The number of aryl methyl sites for hydroxylation is 1. The Morgan fingerprint density at radius 3 is 2.96 bits per heavy atom. The van der Waals surface area contributed by atoms with Crippen molar-refractivity contribution in [1.82, 2.24) is 25.0 Å². The Hall–Kier alpha value is -3.33. The highest BCUT2D eigenvalue weighted by Gasteiger charge is 2.12.